The van der Waals surface area contributed by atoms with Crippen LogP contribution in [-0.2, 0) is 4.74 Å². The molecule has 1 heterocycles. The van der Waals surface area contributed by atoms with Gasteiger partial charge in [-0.15, -0.1) is 0 Å². The molecule has 17 heavy (non-hydrogen) atoms. The molecule has 1 aliphatic heterocycles. The lowest BCUT2D eigenvalue weighted by atomic mass is 9.92. The van der Waals surface area contributed by atoms with E-state index in [1.165, 1.54) is 5.56 Å². The highest BCUT2D eigenvalue weighted by atomic mass is 16.5. The zero-order valence-electron chi connectivity index (χ0n) is 10.4. The van der Waals surface area contributed by atoms with Crippen LogP contribution in [0, 0.1) is 12.8 Å². The van der Waals surface area contributed by atoms with Crippen molar-refractivity contribution in [3.63, 3.8) is 0 Å². The molecule has 2 rings (SSSR count). The highest BCUT2D eigenvalue weighted by Crippen LogP contribution is 2.23. The molecule has 1 atom stereocenters. The molecule has 3 heteroatoms. The minimum absolute atomic E-state index is 0.139. The number of aliphatic hydroxyl groups is 1. The van der Waals surface area contributed by atoms with Gasteiger partial charge in [-0.1, -0.05) is 18.2 Å². The maximum absolute atomic E-state index is 9.53. The molecule has 0 saturated carbocycles. The summed E-state index contributed by atoms with van der Waals surface area (Å²) < 4.78 is 5.36. The molecule has 0 spiro atoms. The van der Waals surface area contributed by atoms with Crippen molar-refractivity contribution < 1.29 is 9.84 Å². The summed E-state index contributed by atoms with van der Waals surface area (Å²) in [4.78, 5) is 0. The molecule has 0 bridgehead atoms. The maximum Gasteiger partial charge on any atom is 0.0635 e. The summed E-state index contributed by atoms with van der Waals surface area (Å²) in [5.74, 6) is 0.508. The third-order valence-corrected chi connectivity index (χ3v) is 3.52. The van der Waals surface area contributed by atoms with Gasteiger partial charge in [-0.3, -0.25) is 0 Å². The summed E-state index contributed by atoms with van der Waals surface area (Å²) >= 11 is 0. The summed E-state index contributed by atoms with van der Waals surface area (Å²) in [6.07, 6.45) is 2.06. The monoisotopic (exact) mass is 235 g/mol. The minimum atomic E-state index is 0.139. The Labute approximate surface area is 103 Å². The van der Waals surface area contributed by atoms with Crippen molar-refractivity contribution in [3.05, 3.63) is 29.8 Å². The lowest BCUT2D eigenvalue weighted by molar-refractivity contribution is 0.0534. The number of benzene rings is 1. The number of para-hydroxylation sites is 1. The van der Waals surface area contributed by atoms with Crippen molar-refractivity contribution in [2.45, 2.75) is 25.8 Å². The van der Waals surface area contributed by atoms with Gasteiger partial charge in [0.15, 0.2) is 0 Å². The van der Waals surface area contributed by atoms with Gasteiger partial charge in [0, 0.05) is 18.9 Å². The van der Waals surface area contributed by atoms with Crippen LogP contribution in [0.2, 0.25) is 0 Å². The topological polar surface area (TPSA) is 41.5 Å². The van der Waals surface area contributed by atoms with E-state index in [1.807, 2.05) is 12.1 Å². The average molecular weight is 235 g/mol. The van der Waals surface area contributed by atoms with E-state index in [0.29, 0.717) is 5.92 Å². The summed E-state index contributed by atoms with van der Waals surface area (Å²) in [5, 5.41) is 13.0. The standard InChI is InChI=1S/C14H21NO2/c1-11-4-2-3-5-13(11)15-14(10-16)12-6-8-17-9-7-12/h2-5,12,14-16H,6-10H2,1H3. The number of aryl methyl sites for hydroxylation is 1. The Kier molecular flexibility index (Phi) is 4.40. The van der Waals surface area contributed by atoms with E-state index < -0.39 is 0 Å². The van der Waals surface area contributed by atoms with Crippen LogP contribution in [0.25, 0.3) is 0 Å². The van der Waals surface area contributed by atoms with Gasteiger partial charge in [-0.05, 0) is 37.3 Å². The largest absolute Gasteiger partial charge is 0.394 e. The van der Waals surface area contributed by atoms with Crippen LogP contribution in [0.1, 0.15) is 18.4 Å². The Hall–Kier alpha value is -1.06. The summed E-state index contributed by atoms with van der Waals surface area (Å²) in [6, 6.07) is 8.34. The van der Waals surface area contributed by atoms with Gasteiger partial charge in [0.05, 0.1) is 12.6 Å². The molecular weight excluding hydrogens is 214 g/mol. The number of hydrogen-bond acceptors (Lipinski definition) is 3. The van der Waals surface area contributed by atoms with E-state index >= 15 is 0 Å². The van der Waals surface area contributed by atoms with Gasteiger partial charge in [0.1, 0.15) is 0 Å². The van der Waals surface area contributed by atoms with Gasteiger partial charge >= 0.3 is 0 Å². The van der Waals surface area contributed by atoms with E-state index in [1.54, 1.807) is 0 Å². The van der Waals surface area contributed by atoms with E-state index in [4.69, 9.17) is 4.74 Å². The number of hydrogen-bond donors (Lipinski definition) is 2. The SMILES string of the molecule is Cc1ccccc1NC(CO)C1CCOCC1. The predicted molar refractivity (Wildman–Crippen MR) is 69.2 cm³/mol. The fourth-order valence-electron chi connectivity index (χ4n) is 2.37. The zero-order chi connectivity index (χ0) is 12.1. The molecule has 1 unspecified atom stereocenters. The van der Waals surface area contributed by atoms with E-state index in [-0.39, 0.29) is 12.6 Å². The van der Waals surface area contributed by atoms with Crippen LogP contribution in [0.4, 0.5) is 5.69 Å². The van der Waals surface area contributed by atoms with E-state index in [9.17, 15) is 5.11 Å². The Morgan fingerprint density at radius 1 is 1.35 bits per heavy atom. The zero-order valence-corrected chi connectivity index (χ0v) is 10.4. The molecule has 0 aliphatic carbocycles. The summed E-state index contributed by atoms with van der Waals surface area (Å²) in [5.41, 5.74) is 2.34. The normalized spacial score (nSPS) is 18.9. The van der Waals surface area contributed by atoms with Crippen LogP contribution in [0.15, 0.2) is 24.3 Å². The quantitative estimate of drug-likeness (QED) is 0.840. The van der Waals surface area contributed by atoms with Crippen LogP contribution in [0.3, 0.4) is 0 Å². The molecular formula is C14H21NO2. The molecule has 94 valence electrons. The van der Waals surface area contributed by atoms with E-state index in [2.05, 4.69) is 24.4 Å². The Balaban J connectivity index is 2.01. The fourth-order valence-corrected chi connectivity index (χ4v) is 2.37. The molecule has 2 N–H and O–H groups in total. The first-order chi connectivity index (χ1) is 8.31. The summed E-state index contributed by atoms with van der Waals surface area (Å²) in [6.45, 7) is 3.90. The third kappa shape index (κ3) is 3.20. The van der Waals surface area contributed by atoms with Crippen LogP contribution in [0.5, 0.6) is 0 Å². The second-order valence-electron chi connectivity index (χ2n) is 4.70. The van der Waals surface area contributed by atoms with Crippen molar-refractivity contribution in [1.82, 2.24) is 0 Å². The van der Waals surface area contributed by atoms with Crippen molar-refractivity contribution in [3.8, 4) is 0 Å². The van der Waals surface area contributed by atoms with Crippen LogP contribution >= 0.6 is 0 Å². The Morgan fingerprint density at radius 3 is 2.71 bits per heavy atom. The molecule has 3 nitrogen and oxygen atoms in total. The van der Waals surface area contributed by atoms with Gasteiger partial charge in [-0.25, -0.2) is 0 Å². The highest BCUT2D eigenvalue weighted by molar-refractivity contribution is 5.51. The van der Waals surface area contributed by atoms with E-state index in [0.717, 1.165) is 31.7 Å². The van der Waals surface area contributed by atoms with Gasteiger partial charge in [0.25, 0.3) is 0 Å². The van der Waals surface area contributed by atoms with Crippen LogP contribution in [-0.4, -0.2) is 31.0 Å². The average Bonchev–Trinajstić information content (AvgIpc) is 2.39. The number of aliphatic hydroxyl groups excluding tert-OH is 1. The predicted octanol–water partition coefficient (Wildman–Crippen LogP) is 2.19. The number of nitrogens with one attached hydrogen (secondary N) is 1. The van der Waals surface area contributed by atoms with Gasteiger partial charge < -0.3 is 15.2 Å². The molecule has 1 aromatic carbocycles. The molecule has 1 saturated heterocycles. The van der Waals surface area contributed by atoms with Crippen molar-refractivity contribution in [2.75, 3.05) is 25.1 Å². The smallest absolute Gasteiger partial charge is 0.0635 e. The highest BCUT2D eigenvalue weighted by Gasteiger charge is 2.23. The molecule has 0 amide bonds. The molecule has 1 aromatic rings. The molecule has 0 aromatic heterocycles. The first kappa shape index (κ1) is 12.4. The van der Waals surface area contributed by atoms with Crippen molar-refractivity contribution in [2.24, 2.45) is 5.92 Å². The number of ether oxygens (including phenoxy) is 1. The molecule has 0 radical (unpaired) electrons. The molecule has 1 fully saturated rings. The summed E-state index contributed by atoms with van der Waals surface area (Å²) in [7, 11) is 0. The Bertz CT molecular complexity index is 348. The lowest BCUT2D eigenvalue weighted by Gasteiger charge is -2.30. The third-order valence-electron chi connectivity index (χ3n) is 3.52. The maximum atomic E-state index is 9.53. The second-order valence-corrected chi connectivity index (χ2v) is 4.70. The first-order valence-electron chi connectivity index (χ1n) is 6.32. The van der Waals surface area contributed by atoms with Crippen LogP contribution < -0.4 is 5.32 Å². The number of rotatable bonds is 4. The molecule has 1 aliphatic rings. The lowest BCUT2D eigenvalue weighted by Crippen LogP contribution is -2.36. The second kappa shape index (κ2) is 6.03. The van der Waals surface area contributed by atoms with Crippen molar-refractivity contribution >= 4 is 5.69 Å². The minimum Gasteiger partial charge on any atom is -0.394 e. The Morgan fingerprint density at radius 2 is 2.06 bits per heavy atom. The van der Waals surface area contributed by atoms with Gasteiger partial charge in [0.2, 0.25) is 0 Å². The first-order valence-corrected chi connectivity index (χ1v) is 6.32. The number of anilines is 1. The fraction of sp³-hybridized carbons (Fsp3) is 0.571. The van der Waals surface area contributed by atoms with Crippen molar-refractivity contribution in [1.29, 1.82) is 0 Å². The van der Waals surface area contributed by atoms with Gasteiger partial charge in [-0.2, -0.15) is 0 Å².